The molecule has 0 amide bonds. The van der Waals surface area contributed by atoms with E-state index in [-0.39, 0.29) is 17.2 Å². The van der Waals surface area contributed by atoms with Gasteiger partial charge in [-0.25, -0.2) is 19.3 Å². The van der Waals surface area contributed by atoms with Crippen LogP contribution in [-0.2, 0) is 0 Å². The van der Waals surface area contributed by atoms with Gasteiger partial charge in [-0.2, -0.15) is 0 Å². The summed E-state index contributed by atoms with van der Waals surface area (Å²) in [5, 5.41) is 6.44. The van der Waals surface area contributed by atoms with Crippen molar-refractivity contribution in [1.29, 1.82) is 0 Å². The molecule has 4 rings (SSSR count). The first-order chi connectivity index (χ1) is 14.0. The molecule has 29 heavy (non-hydrogen) atoms. The van der Waals surface area contributed by atoms with E-state index in [1.165, 1.54) is 17.4 Å². The van der Waals surface area contributed by atoms with Crippen LogP contribution < -0.4 is 21.5 Å². The summed E-state index contributed by atoms with van der Waals surface area (Å²) in [5.41, 5.74) is 13.4. The van der Waals surface area contributed by atoms with Crippen molar-refractivity contribution in [2.75, 3.05) is 29.9 Å². The smallest absolute Gasteiger partial charge is 0.182 e. The van der Waals surface area contributed by atoms with E-state index in [4.69, 9.17) is 16.2 Å². The van der Waals surface area contributed by atoms with E-state index in [1.807, 2.05) is 5.38 Å². The molecule has 0 aliphatic heterocycles. The van der Waals surface area contributed by atoms with E-state index in [9.17, 15) is 4.39 Å². The molecule has 0 saturated carbocycles. The Hall–Kier alpha value is -2.98. The maximum absolute atomic E-state index is 14.3. The number of benzene rings is 2. The zero-order chi connectivity index (χ0) is 20.4. The lowest BCUT2D eigenvalue weighted by Crippen LogP contribution is -2.12. The maximum atomic E-state index is 14.3. The minimum Gasteiger partial charge on any atom is -0.490 e. The Balaban J connectivity index is 1.60. The van der Waals surface area contributed by atoms with Gasteiger partial charge in [0.15, 0.2) is 11.0 Å². The number of halogens is 2. The fourth-order valence-electron chi connectivity index (χ4n) is 2.74. The number of hydrogen-bond donors (Lipinski definition) is 3. The zero-order valence-corrected chi connectivity index (χ0v) is 17.4. The first-order valence-corrected chi connectivity index (χ1v) is 10.3. The molecule has 0 radical (unpaired) electrons. The lowest BCUT2D eigenvalue weighted by Gasteiger charge is -2.12. The minimum absolute atomic E-state index is 0.196. The van der Waals surface area contributed by atoms with Crippen molar-refractivity contribution < 1.29 is 9.13 Å². The van der Waals surface area contributed by atoms with E-state index >= 15 is 0 Å². The van der Waals surface area contributed by atoms with Crippen LogP contribution in [0.25, 0.3) is 22.3 Å². The van der Waals surface area contributed by atoms with Gasteiger partial charge in [0.2, 0.25) is 0 Å². The monoisotopic (exact) mass is 474 g/mol. The van der Waals surface area contributed by atoms with Crippen molar-refractivity contribution in [2.45, 2.75) is 0 Å². The largest absolute Gasteiger partial charge is 0.490 e. The number of rotatable bonds is 6. The Bertz CT molecular complexity index is 1170. The van der Waals surface area contributed by atoms with Crippen LogP contribution in [-0.4, -0.2) is 28.1 Å². The number of nitrogen functional groups attached to an aromatic ring is 2. The Labute approximate surface area is 178 Å². The van der Waals surface area contributed by atoms with Gasteiger partial charge in [0.1, 0.15) is 24.0 Å². The Morgan fingerprint density at radius 2 is 2.03 bits per heavy atom. The van der Waals surface area contributed by atoms with Crippen molar-refractivity contribution >= 4 is 54.8 Å². The number of ether oxygens (including phenoxy) is 1. The van der Waals surface area contributed by atoms with E-state index in [0.717, 1.165) is 5.13 Å². The topological polar surface area (TPSA) is 112 Å². The molecule has 10 heteroatoms. The fraction of sp³-hybridized carbons (Fsp3) is 0.105. The molecule has 0 spiro atoms. The molecule has 148 valence electrons. The molecular formula is C19H16BrFN6OS. The highest BCUT2D eigenvalue weighted by Gasteiger charge is 2.14. The molecule has 0 saturated heterocycles. The van der Waals surface area contributed by atoms with Gasteiger partial charge in [0.05, 0.1) is 23.3 Å². The number of nitrogens with zero attached hydrogens (tertiary/aromatic N) is 3. The third-order valence-electron chi connectivity index (χ3n) is 4.10. The summed E-state index contributed by atoms with van der Waals surface area (Å²) in [6.45, 7) is 0.941. The summed E-state index contributed by atoms with van der Waals surface area (Å²) in [4.78, 5) is 12.8. The highest BCUT2D eigenvalue weighted by Crippen LogP contribution is 2.32. The standard InChI is InChI=1S/C19H16BrFN6OS/c20-10-1-2-11(13(21)7-10)18-26-15-9-16(14(22)8-12(15)17(23)27-18)28-5-3-24-19-25-4-6-29-19/h1-2,4,6-9H,3,5,22H2,(H,24,25)(H2,23,26,27). The van der Waals surface area contributed by atoms with E-state index in [0.29, 0.717) is 40.0 Å². The number of aromatic nitrogens is 3. The van der Waals surface area contributed by atoms with Crippen LogP contribution in [0.1, 0.15) is 0 Å². The van der Waals surface area contributed by atoms with Crippen LogP contribution in [0, 0.1) is 5.82 Å². The van der Waals surface area contributed by atoms with Crippen molar-refractivity contribution in [3.8, 4) is 17.1 Å². The average Bonchev–Trinajstić information content (AvgIpc) is 3.19. The predicted molar refractivity (Wildman–Crippen MR) is 118 cm³/mol. The third kappa shape index (κ3) is 4.22. The van der Waals surface area contributed by atoms with Crippen LogP contribution in [0.2, 0.25) is 0 Å². The van der Waals surface area contributed by atoms with Crippen molar-refractivity contribution in [3.63, 3.8) is 0 Å². The summed E-state index contributed by atoms with van der Waals surface area (Å²) in [6.07, 6.45) is 1.73. The molecule has 2 aromatic carbocycles. The summed E-state index contributed by atoms with van der Waals surface area (Å²) in [6, 6.07) is 8.02. The molecule has 0 aliphatic carbocycles. The number of thiazole rings is 1. The predicted octanol–water partition coefficient (Wildman–Crippen LogP) is 4.31. The quantitative estimate of drug-likeness (QED) is 0.281. The molecule has 7 nitrogen and oxygen atoms in total. The minimum atomic E-state index is -0.446. The highest BCUT2D eigenvalue weighted by molar-refractivity contribution is 9.10. The molecule has 0 bridgehead atoms. The maximum Gasteiger partial charge on any atom is 0.182 e. The summed E-state index contributed by atoms with van der Waals surface area (Å²) >= 11 is 4.75. The number of hydrogen-bond acceptors (Lipinski definition) is 8. The van der Waals surface area contributed by atoms with Gasteiger partial charge < -0.3 is 21.5 Å². The van der Waals surface area contributed by atoms with Crippen LogP contribution in [0.3, 0.4) is 0 Å². The van der Waals surface area contributed by atoms with E-state index in [2.05, 4.69) is 36.2 Å². The average molecular weight is 475 g/mol. The summed E-state index contributed by atoms with van der Waals surface area (Å²) < 4.78 is 20.7. The second kappa shape index (κ2) is 8.18. The van der Waals surface area contributed by atoms with Crippen LogP contribution >= 0.6 is 27.3 Å². The summed E-state index contributed by atoms with van der Waals surface area (Å²) in [7, 11) is 0. The molecule has 0 unspecified atom stereocenters. The molecule has 2 aromatic heterocycles. The normalized spacial score (nSPS) is 11.0. The molecule has 0 aliphatic rings. The number of nitrogens with two attached hydrogens (primary N) is 2. The van der Waals surface area contributed by atoms with Crippen LogP contribution in [0.4, 0.5) is 21.0 Å². The van der Waals surface area contributed by atoms with Crippen molar-refractivity contribution in [1.82, 2.24) is 15.0 Å². The molecular weight excluding hydrogens is 459 g/mol. The third-order valence-corrected chi connectivity index (χ3v) is 5.32. The second-order valence-corrected chi connectivity index (χ2v) is 7.89. The van der Waals surface area contributed by atoms with Crippen molar-refractivity contribution in [2.24, 2.45) is 0 Å². The molecule has 2 heterocycles. The lowest BCUT2D eigenvalue weighted by molar-refractivity contribution is 0.335. The van der Waals surface area contributed by atoms with Gasteiger partial charge in [-0.05, 0) is 24.3 Å². The van der Waals surface area contributed by atoms with Crippen molar-refractivity contribution in [3.05, 3.63) is 52.2 Å². The SMILES string of the molecule is Nc1cc2c(N)nc(-c3ccc(Br)cc3F)nc2cc1OCCNc1nccs1. The van der Waals surface area contributed by atoms with E-state index < -0.39 is 5.82 Å². The first-order valence-electron chi connectivity index (χ1n) is 8.59. The number of fused-ring (bicyclic) bond motifs is 1. The Kier molecular flexibility index (Phi) is 5.45. The van der Waals surface area contributed by atoms with Gasteiger partial charge in [-0.3, -0.25) is 0 Å². The van der Waals surface area contributed by atoms with E-state index in [1.54, 1.807) is 30.5 Å². The summed E-state index contributed by atoms with van der Waals surface area (Å²) in [5.74, 6) is 0.439. The Morgan fingerprint density at radius 3 is 2.79 bits per heavy atom. The van der Waals surface area contributed by atoms with Crippen LogP contribution in [0.15, 0.2) is 46.4 Å². The van der Waals surface area contributed by atoms with Gasteiger partial charge in [0.25, 0.3) is 0 Å². The van der Waals surface area contributed by atoms with Gasteiger partial charge in [-0.1, -0.05) is 15.9 Å². The zero-order valence-electron chi connectivity index (χ0n) is 15.0. The van der Waals surface area contributed by atoms with Gasteiger partial charge >= 0.3 is 0 Å². The fourth-order valence-corrected chi connectivity index (χ4v) is 3.63. The molecule has 4 aromatic rings. The lowest BCUT2D eigenvalue weighted by atomic mass is 10.1. The Morgan fingerprint density at radius 1 is 1.17 bits per heavy atom. The molecule has 0 fully saturated rings. The molecule has 0 atom stereocenters. The second-order valence-electron chi connectivity index (χ2n) is 6.08. The first kappa shape index (κ1) is 19.3. The molecule has 5 N–H and O–H groups in total. The number of nitrogens with one attached hydrogen (secondary N) is 1. The van der Waals surface area contributed by atoms with Gasteiger partial charge in [-0.15, -0.1) is 11.3 Å². The highest BCUT2D eigenvalue weighted by atomic mass is 79.9. The van der Waals surface area contributed by atoms with Crippen LogP contribution in [0.5, 0.6) is 5.75 Å². The van der Waals surface area contributed by atoms with Gasteiger partial charge in [0, 0.05) is 27.5 Å². The number of anilines is 3.